The number of para-hydroxylation sites is 1. The molecule has 0 saturated carbocycles. The number of rotatable bonds is 5. The van der Waals surface area contributed by atoms with E-state index in [2.05, 4.69) is 20.3 Å². The molecule has 2 aromatic heterocycles. The standard InChI is InChI=1S/C18H15N7O3/c1-28-14-8-3-2-7-13(14)15-16-17(21-18(19)20-15)24(23-22-16)10-11-5-4-6-12(9-11)25(26)27/h2-9H,10H2,1H3,(H2,19,20,21). The molecule has 0 bridgehead atoms. The minimum Gasteiger partial charge on any atom is -0.496 e. The molecule has 0 fully saturated rings. The fourth-order valence-electron chi connectivity index (χ4n) is 2.95. The first-order chi connectivity index (χ1) is 13.6. The summed E-state index contributed by atoms with van der Waals surface area (Å²) < 4.78 is 6.94. The molecule has 0 atom stereocenters. The lowest BCUT2D eigenvalue weighted by atomic mass is 10.1. The predicted molar refractivity (Wildman–Crippen MR) is 102 cm³/mol. The number of hydrogen-bond acceptors (Lipinski definition) is 8. The van der Waals surface area contributed by atoms with Gasteiger partial charge >= 0.3 is 0 Å². The van der Waals surface area contributed by atoms with Crippen LogP contribution in [-0.4, -0.2) is 37.0 Å². The van der Waals surface area contributed by atoms with E-state index < -0.39 is 4.92 Å². The molecule has 0 spiro atoms. The van der Waals surface area contributed by atoms with Gasteiger partial charge in [0.15, 0.2) is 11.2 Å². The Hall–Kier alpha value is -4.08. The van der Waals surface area contributed by atoms with Gasteiger partial charge in [0.25, 0.3) is 5.69 Å². The van der Waals surface area contributed by atoms with Gasteiger partial charge in [0, 0.05) is 17.7 Å². The van der Waals surface area contributed by atoms with Gasteiger partial charge in [-0.1, -0.05) is 29.5 Å². The Morgan fingerprint density at radius 3 is 2.79 bits per heavy atom. The molecule has 10 nitrogen and oxygen atoms in total. The molecule has 0 aliphatic rings. The van der Waals surface area contributed by atoms with E-state index in [9.17, 15) is 10.1 Å². The highest BCUT2D eigenvalue weighted by Gasteiger charge is 2.18. The van der Waals surface area contributed by atoms with E-state index in [1.54, 1.807) is 19.2 Å². The van der Waals surface area contributed by atoms with Gasteiger partial charge in [-0.05, 0) is 17.7 Å². The van der Waals surface area contributed by atoms with Gasteiger partial charge in [0.2, 0.25) is 5.95 Å². The quantitative estimate of drug-likeness (QED) is 0.414. The van der Waals surface area contributed by atoms with Crippen molar-refractivity contribution >= 4 is 22.8 Å². The van der Waals surface area contributed by atoms with E-state index in [4.69, 9.17) is 10.5 Å². The predicted octanol–water partition coefficient (Wildman–Crippen LogP) is 2.44. The zero-order valence-electron chi connectivity index (χ0n) is 14.8. The molecular weight excluding hydrogens is 362 g/mol. The molecule has 140 valence electrons. The number of anilines is 1. The van der Waals surface area contributed by atoms with Crippen LogP contribution in [0.4, 0.5) is 11.6 Å². The van der Waals surface area contributed by atoms with Gasteiger partial charge in [0.1, 0.15) is 11.4 Å². The third-order valence-electron chi connectivity index (χ3n) is 4.20. The number of ether oxygens (including phenoxy) is 1. The van der Waals surface area contributed by atoms with Crippen molar-refractivity contribution in [1.29, 1.82) is 0 Å². The summed E-state index contributed by atoms with van der Waals surface area (Å²) >= 11 is 0. The number of benzene rings is 2. The lowest BCUT2D eigenvalue weighted by molar-refractivity contribution is -0.384. The molecule has 0 aliphatic heterocycles. The van der Waals surface area contributed by atoms with Crippen molar-refractivity contribution in [3.05, 3.63) is 64.2 Å². The van der Waals surface area contributed by atoms with Crippen LogP contribution in [0.2, 0.25) is 0 Å². The maximum atomic E-state index is 11.0. The highest BCUT2D eigenvalue weighted by molar-refractivity contribution is 5.89. The molecule has 0 radical (unpaired) electrons. The third-order valence-corrected chi connectivity index (χ3v) is 4.20. The number of non-ortho nitro benzene ring substituents is 1. The van der Waals surface area contributed by atoms with Crippen molar-refractivity contribution < 1.29 is 9.66 Å². The first-order valence-electron chi connectivity index (χ1n) is 8.30. The van der Waals surface area contributed by atoms with E-state index in [0.29, 0.717) is 33.7 Å². The Balaban J connectivity index is 1.82. The topological polar surface area (TPSA) is 135 Å². The van der Waals surface area contributed by atoms with E-state index in [-0.39, 0.29) is 18.2 Å². The summed E-state index contributed by atoms with van der Waals surface area (Å²) in [7, 11) is 1.57. The molecule has 10 heteroatoms. The highest BCUT2D eigenvalue weighted by atomic mass is 16.6. The average molecular weight is 377 g/mol. The summed E-state index contributed by atoms with van der Waals surface area (Å²) in [5.41, 5.74) is 8.73. The highest BCUT2D eigenvalue weighted by Crippen LogP contribution is 2.32. The number of aromatic nitrogens is 5. The molecule has 28 heavy (non-hydrogen) atoms. The van der Waals surface area contributed by atoms with Crippen LogP contribution in [0.3, 0.4) is 0 Å². The fraction of sp³-hybridized carbons (Fsp3) is 0.111. The summed E-state index contributed by atoms with van der Waals surface area (Å²) in [5.74, 6) is 0.686. The third kappa shape index (κ3) is 3.07. The summed E-state index contributed by atoms with van der Waals surface area (Å²) in [6, 6.07) is 13.7. The normalized spacial score (nSPS) is 10.9. The van der Waals surface area contributed by atoms with E-state index in [1.165, 1.54) is 16.8 Å². The summed E-state index contributed by atoms with van der Waals surface area (Å²) in [6.45, 7) is 0.250. The Bertz CT molecular complexity index is 1190. The van der Waals surface area contributed by atoms with Crippen LogP contribution in [0.15, 0.2) is 48.5 Å². The van der Waals surface area contributed by atoms with Crippen molar-refractivity contribution in [1.82, 2.24) is 25.0 Å². The monoisotopic (exact) mass is 377 g/mol. The van der Waals surface area contributed by atoms with Crippen LogP contribution in [0, 0.1) is 10.1 Å². The van der Waals surface area contributed by atoms with Crippen molar-refractivity contribution in [2.24, 2.45) is 0 Å². The van der Waals surface area contributed by atoms with E-state index in [1.807, 2.05) is 24.3 Å². The maximum Gasteiger partial charge on any atom is 0.269 e. The second kappa shape index (κ2) is 6.91. The number of nitro benzene ring substituents is 1. The van der Waals surface area contributed by atoms with Crippen molar-refractivity contribution in [3.63, 3.8) is 0 Å². The van der Waals surface area contributed by atoms with E-state index in [0.717, 1.165) is 0 Å². The van der Waals surface area contributed by atoms with Crippen LogP contribution in [0.25, 0.3) is 22.4 Å². The van der Waals surface area contributed by atoms with Gasteiger partial charge in [-0.15, -0.1) is 5.10 Å². The Kier molecular flexibility index (Phi) is 4.28. The van der Waals surface area contributed by atoms with Crippen LogP contribution in [-0.2, 0) is 6.54 Å². The van der Waals surface area contributed by atoms with Gasteiger partial charge in [-0.3, -0.25) is 10.1 Å². The molecule has 0 unspecified atom stereocenters. The zero-order valence-corrected chi connectivity index (χ0v) is 14.8. The largest absolute Gasteiger partial charge is 0.496 e. The van der Waals surface area contributed by atoms with Crippen molar-refractivity contribution in [2.75, 3.05) is 12.8 Å². The minimum atomic E-state index is -0.442. The van der Waals surface area contributed by atoms with Crippen LogP contribution < -0.4 is 10.5 Å². The first kappa shape index (κ1) is 17.3. The van der Waals surface area contributed by atoms with Crippen LogP contribution in [0.5, 0.6) is 5.75 Å². The lowest BCUT2D eigenvalue weighted by Crippen LogP contribution is -2.05. The molecule has 4 aromatic rings. The SMILES string of the molecule is COc1ccccc1-c1nc(N)nc2c1nnn2Cc1cccc([N+](=O)[O-])c1. The maximum absolute atomic E-state index is 11.0. The second-order valence-electron chi connectivity index (χ2n) is 5.98. The Morgan fingerprint density at radius 2 is 2.00 bits per heavy atom. The number of nitrogen functional groups attached to an aromatic ring is 1. The number of nitro groups is 1. The van der Waals surface area contributed by atoms with E-state index >= 15 is 0 Å². The van der Waals surface area contributed by atoms with Crippen molar-refractivity contribution in [2.45, 2.75) is 6.54 Å². The van der Waals surface area contributed by atoms with Gasteiger partial charge in [-0.2, -0.15) is 4.98 Å². The van der Waals surface area contributed by atoms with Gasteiger partial charge in [-0.25, -0.2) is 9.67 Å². The molecule has 2 N–H and O–H groups in total. The summed E-state index contributed by atoms with van der Waals surface area (Å²) in [5, 5.41) is 19.4. The summed E-state index contributed by atoms with van der Waals surface area (Å²) in [4.78, 5) is 19.1. The molecule has 2 heterocycles. The van der Waals surface area contributed by atoms with Crippen molar-refractivity contribution in [3.8, 4) is 17.0 Å². The number of nitrogens with two attached hydrogens (primary N) is 1. The molecule has 4 rings (SSSR count). The molecule has 2 aromatic carbocycles. The second-order valence-corrected chi connectivity index (χ2v) is 5.98. The van der Waals surface area contributed by atoms with Gasteiger partial charge < -0.3 is 10.5 Å². The lowest BCUT2D eigenvalue weighted by Gasteiger charge is -2.08. The van der Waals surface area contributed by atoms with Crippen LogP contribution >= 0.6 is 0 Å². The average Bonchev–Trinajstić information content (AvgIpc) is 3.10. The number of hydrogen-bond donors (Lipinski definition) is 1. The number of methoxy groups -OCH3 is 1. The Labute approximate surface area is 158 Å². The molecule has 0 amide bonds. The fourth-order valence-corrected chi connectivity index (χ4v) is 2.95. The Morgan fingerprint density at radius 1 is 1.18 bits per heavy atom. The zero-order chi connectivity index (χ0) is 19.7. The minimum absolute atomic E-state index is 0.00534. The van der Waals surface area contributed by atoms with Crippen LogP contribution in [0.1, 0.15) is 5.56 Å². The first-order valence-corrected chi connectivity index (χ1v) is 8.30. The smallest absolute Gasteiger partial charge is 0.269 e. The summed E-state index contributed by atoms with van der Waals surface area (Å²) in [6.07, 6.45) is 0. The molecular formula is C18H15N7O3. The number of fused-ring (bicyclic) bond motifs is 1. The number of nitrogens with zero attached hydrogens (tertiary/aromatic N) is 6. The molecule has 0 saturated heterocycles. The van der Waals surface area contributed by atoms with Gasteiger partial charge in [0.05, 0.1) is 18.6 Å². The molecule has 0 aliphatic carbocycles.